The summed E-state index contributed by atoms with van der Waals surface area (Å²) in [4.78, 5) is 0. The predicted octanol–water partition coefficient (Wildman–Crippen LogP) is 8.07. The molecule has 1 heteroatoms. The van der Waals surface area contributed by atoms with Crippen LogP contribution in [0.25, 0.3) is 0 Å². The zero-order valence-electron chi connectivity index (χ0n) is 16.7. The molecule has 0 aromatic rings. The Morgan fingerprint density at radius 3 is 2.40 bits per heavy atom. The quantitative estimate of drug-likeness (QED) is 0.197. The largest absolute Gasteiger partial charge is 0.501 e. The summed E-state index contributed by atoms with van der Waals surface area (Å²) >= 11 is 0. The van der Waals surface area contributed by atoms with Gasteiger partial charge in [-0.15, -0.1) is 0 Å². The van der Waals surface area contributed by atoms with Gasteiger partial charge in [-0.2, -0.15) is 0 Å². The van der Waals surface area contributed by atoms with Crippen LogP contribution in [0, 0.1) is 0 Å². The molecule has 0 aromatic heterocycles. The van der Waals surface area contributed by atoms with Gasteiger partial charge >= 0.3 is 0 Å². The molecule has 142 valence electrons. The molecule has 0 N–H and O–H groups in total. The van der Waals surface area contributed by atoms with Gasteiger partial charge in [-0.1, -0.05) is 88.1 Å². The van der Waals surface area contributed by atoms with Crippen LogP contribution in [0.1, 0.15) is 84.5 Å². The van der Waals surface area contributed by atoms with E-state index in [4.69, 9.17) is 4.74 Å². The van der Waals surface area contributed by atoms with Gasteiger partial charge in [0.1, 0.15) is 0 Å². The van der Waals surface area contributed by atoms with Crippen LogP contribution in [0.5, 0.6) is 0 Å². The topological polar surface area (TPSA) is 9.23 Å². The SMILES string of the molecule is C=CC1=CCCCC1.CCCCCC/C=C/C=C/C=C/OCCCC. The maximum atomic E-state index is 5.29. The molecule has 1 aliphatic carbocycles. The highest BCUT2D eigenvalue weighted by atomic mass is 16.5. The number of hydrogen-bond donors (Lipinski definition) is 0. The maximum absolute atomic E-state index is 5.29. The van der Waals surface area contributed by atoms with Gasteiger partial charge in [0.15, 0.2) is 0 Å². The molecule has 0 atom stereocenters. The molecular formula is C24H40O. The van der Waals surface area contributed by atoms with E-state index < -0.39 is 0 Å². The summed E-state index contributed by atoms with van der Waals surface area (Å²) in [6, 6.07) is 0. The number of hydrogen-bond acceptors (Lipinski definition) is 1. The molecule has 0 bridgehead atoms. The van der Waals surface area contributed by atoms with E-state index in [0.717, 1.165) is 13.0 Å². The van der Waals surface area contributed by atoms with E-state index in [1.807, 2.05) is 18.2 Å². The van der Waals surface area contributed by atoms with Gasteiger partial charge in [0.25, 0.3) is 0 Å². The summed E-state index contributed by atoms with van der Waals surface area (Å²) in [5, 5.41) is 0. The summed E-state index contributed by atoms with van der Waals surface area (Å²) in [5.41, 5.74) is 1.44. The van der Waals surface area contributed by atoms with Gasteiger partial charge in [0.05, 0.1) is 12.9 Å². The Labute approximate surface area is 157 Å². The first-order chi connectivity index (χ1) is 12.3. The molecule has 0 fully saturated rings. The van der Waals surface area contributed by atoms with Crippen LogP contribution in [-0.4, -0.2) is 6.61 Å². The normalized spacial score (nSPS) is 14.6. The van der Waals surface area contributed by atoms with E-state index in [1.165, 1.54) is 69.8 Å². The van der Waals surface area contributed by atoms with E-state index in [0.29, 0.717) is 0 Å². The first-order valence-corrected chi connectivity index (χ1v) is 10.3. The van der Waals surface area contributed by atoms with Gasteiger partial charge in [0, 0.05) is 0 Å². The summed E-state index contributed by atoms with van der Waals surface area (Å²) in [7, 11) is 0. The molecule has 0 aliphatic heterocycles. The Hall–Kier alpha value is -1.50. The van der Waals surface area contributed by atoms with Crippen molar-refractivity contribution in [1.29, 1.82) is 0 Å². The Morgan fingerprint density at radius 1 is 0.960 bits per heavy atom. The molecule has 0 unspecified atom stereocenters. The van der Waals surface area contributed by atoms with Gasteiger partial charge in [0.2, 0.25) is 0 Å². The lowest BCUT2D eigenvalue weighted by molar-refractivity contribution is 0.244. The van der Waals surface area contributed by atoms with Crippen molar-refractivity contribution in [2.45, 2.75) is 84.5 Å². The van der Waals surface area contributed by atoms with Gasteiger partial charge in [-0.25, -0.2) is 0 Å². The monoisotopic (exact) mass is 344 g/mol. The van der Waals surface area contributed by atoms with Gasteiger partial charge in [-0.05, 0) is 51.0 Å². The second kappa shape index (κ2) is 20.5. The highest BCUT2D eigenvalue weighted by Crippen LogP contribution is 2.17. The standard InChI is InChI=1S/C16H28O.C8H12/c1-3-5-7-8-9-10-11-12-13-14-16-17-15-6-4-2;1-2-8-6-4-3-5-7-8/h10-14,16H,3-9,15H2,1-2H3;2,6H,1,3-5,7H2/b11-10+,13-12+,16-14+;. The molecule has 0 spiro atoms. The third kappa shape index (κ3) is 18.7. The van der Waals surface area contributed by atoms with Crippen molar-refractivity contribution in [2.24, 2.45) is 0 Å². The highest BCUT2D eigenvalue weighted by Gasteiger charge is 1.97. The second-order valence-electron chi connectivity index (χ2n) is 6.44. The lowest BCUT2D eigenvalue weighted by Crippen LogP contribution is -1.86. The minimum absolute atomic E-state index is 0.827. The fraction of sp³-hybridized carbons (Fsp3) is 0.583. The van der Waals surface area contributed by atoms with Crippen molar-refractivity contribution in [1.82, 2.24) is 0 Å². The lowest BCUT2D eigenvalue weighted by Gasteiger charge is -2.06. The number of rotatable bonds is 12. The van der Waals surface area contributed by atoms with Crippen LogP contribution in [0.3, 0.4) is 0 Å². The summed E-state index contributed by atoms with van der Waals surface area (Å²) in [5.74, 6) is 0. The fourth-order valence-electron chi connectivity index (χ4n) is 2.44. The van der Waals surface area contributed by atoms with Crippen LogP contribution in [-0.2, 0) is 4.74 Å². The van der Waals surface area contributed by atoms with E-state index >= 15 is 0 Å². The highest BCUT2D eigenvalue weighted by molar-refractivity contribution is 5.17. The number of ether oxygens (including phenoxy) is 1. The molecule has 0 radical (unpaired) electrons. The van der Waals surface area contributed by atoms with Crippen LogP contribution in [0.2, 0.25) is 0 Å². The number of allylic oxidation sites excluding steroid dienone is 8. The molecule has 25 heavy (non-hydrogen) atoms. The van der Waals surface area contributed by atoms with Crippen LogP contribution in [0.15, 0.2) is 60.9 Å². The minimum atomic E-state index is 0.827. The van der Waals surface area contributed by atoms with E-state index in [2.05, 4.69) is 44.7 Å². The molecule has 0 amide bonds. The summed E-state index contributed by atoms with van der Waals surface area (Å²) in [6.45, 7) is 8.95. The van der Waals surface area contributed by atoms with Crippen molar-refractivity contribution >= 4 is 0 Å². The van der Waals surface area contributed by atoms with Crippen molar-refractivity contribution in [2.75, 3.05) is 6.61 Å². The van der Waals surface area contributed by atoms with Crippen molar-refractivity contribution in [3.05, 3.63) is 60.9 Å². The molecule has 0 aromatic carbocycles. The third-order valence-electron chi connectivity index (χ3n) is 4.07. The van der Waals surface area contributed by atoms with E-state index in [9.17, 15) is 0 Å². The number of unbranched alkanes of at least 4 members (excludes halogenated alkanes) is 5. The summed E-state index contributed by atoms with van der Waals surface area (Å²) in [6.07, 6.45) is 30.5. The lowest BCUT2D eigenvalue weighted by atomic mass is 10.0. The molecule has 1 rings (SSSR count). The van der Waals surface area contributed by atoms with Crippen molar-refractivity contribution < 1.29 is 4.74 Å². The van der Waals surface area contributed by atoms with E-state index in [-0.39, 0.29) is 0 Å². The van der Waals surface area contributed by atoms with Crippen LogP contribution < -0.4 is 0 Å². The zero-order valence-corrected chi connectivity index (χ0v) is 16.7. The second-order valence-corrected chi connectivity index (χ2v) is 6.44. The van der Waals surface area contributed by atoms with Crippen molar-refractivity contribution in [3.63, 3.8) is 0 Å². The molecule has 1 aliphatic rings. The zero-order chi connectivity index (χ0) is 18.4. The summed E-state index contributed by atoms with van der Waals surface area (Å²) < 4.78 is 5.29. The predicted molar refractivity (Wildman–Crippen MR) is 114 cm³/mol. The van der Waals surface area contributed by atoms with Crippen molar-refractivity contribution in [3.8, 4) is 0 Å². The fourth-order valence-corrected chi connectivity index (χ4v) is 2.44. The average Bonchev–Trinajstić information content (AvgIpc) is 2.67. The minimum Gasteiger partial charge on any atom is -0.501 e. The molecule has 0 saturated heterocycles. The van der Waals surface area contributed by atoms with Crippen LogP contribution in [0.4, 0.5) is 0 Å². The first kappa shape index (κ1) is 23.5. The average molecular weight is 345 g/mol. The Balaban J connectivity index is 0.000000593. The van der Waals surface area contributed by atoms with Gasteiger partial charge < -0.3 is 4.74 Å². The maximum Gasteiger partial charge on any atom is 0.0873 e. The van der Waals surface area contributed by atoms with Gasteiger partial charge in [-0.3, -0.25) is 0 Å². The first-order valence-electron chi connectivity index (χ1n) is 10.3. The van der Waals surface area contributed by atoms with E-state index in [1.54, 1.807) is 6.26 Å². The molecule has 0 saturated carbocycles. The smallest absolute Gasteiger partial charge is 0.0873 e. The third-order valence-corrected chi connectivity index (χ3v) is 4.07. The Kier molecular flexibility index (Phi) is 19.3. The Bertz CT molecular complexity index is 398. The molecule has 0 heterocycles. The molecule has 1 nitrogen and oxygen atoms in total. The molecular weight excluding hydrogens is 304 g/mol. The Morgan fingerprint density at radius 2 is 1.76 bits per heavy atom. The van der Waals surface area contributed by atoms with Crippen LogP contribution >= 0.6 is 0 Å².